The monoisotopic (exact) mass is 382 g/mol. The third kappa shape index (κ3) is 5.80. The third-order valence-corrected chi connectivity index (χ3v) is 4.80. The molecule has 5 nitrogen and oxygen atoms in total. The summed E-state index contributed by atoms with van der Waals surface area (Å²) in [5, 5.41) is 10.7. The van der Waals surface area contributed by atoms with Crippen molar-refractivity contribution in [2.45, 2.75) is 71.8 Å². The zero-order valence-electron chi connectivity index (χ0n) is 16.9. The Kier molecular flexibility index (Phi) is 6.68. The molecule has 0 aliphatic heterocycles. The summed E-state index contributed by atoms with van der Waals surface area (Å²) < 4.78 is 15.7. The summed E-state index contributed by atoms with van der Waals surface area (Å²) in [6.07, 6.45) is 2.99. The second kappa shape index (κ2) is 7.67. The van der Waals surface area contributed by atoms with E-state index in [9.17, 15) is 14.5 Å². The summed E-state index contributed by atoms with van der Waals surface area (Å²) in [6, 6.07) is 3.72. The van der Waals surface area contributed by atoms with Crippen molar-refractivity contribution in [3.8, 4) is 5.75 Å². The zero-order valence-corrected chi connectivity index (χ0v) is 17.9. The molecule has 1 aromatic rings. The Morgan fingerprint density at radius 3 is 1.77 bits per heavy atom. The number of ketones is 1. The number of carbonyl (C=O) groups is 1. The molecule has 0 radical (unpaired) electrons. The molecular formula is C20H31O5P. The summed E-state index contributed by atoms with van der Waals surface area (Å²) in [5.41, 5.74) is 0.464. The lowest BCUT2D eigenvalue weighted by Gasteiger charge is -2.28. The van der Waals surface area contributed by atoms with E-state index in [1.165, 1.54) is 19.9 Å². The van der Waals surface area contributed by atoms with E-state index in [0.717, 1.165) is 16.7 Å². The Morgan fingerprint density at radius 1 is 1.00 bits per heavy atom. The number of aromatic hydroxyl groups is 1. The van der Waals surface area contributed by atoms with Crippen molar-refractivity contribution < 1.29 is 23.9 Å². The lowest BCUT2D eigenvalue weighted by Crippen LogP contribution is -2.31. The van der Waals surface area contributed by atoms with Crippen molar-refractivity contribution in [2.24, 2.45) is 0 Å². The van der Waals surface area contributed by atoms with E-state index in [2.05, 4.69) is 0 Å². The molecule has 1 rings (SSSR count). The van der Waals surface area contributed by atoms with Crippen LogP contribution in [0.4, 0.5) is 0 Å². The second-order valence-electron chi connectivity index (χ2n) is 9.04. The summed E-state index contributed by atoms with van der Waals surface area (Å²) in [4.78, 5) is 21.2. The molecule has 0 fully saturated rings. The van der Waals surface area contributed by atoms with Gasteiger partial charge < -0.3 is 10.00 Å². The summed E-state index contributed by atoms with van der Waals surface area (Å²) in [5.74, 6) is -0.136. The second-order valence-corrected chi connectivity index (χ2v) is 9.78. The maximum absolute atomic E-state index is 12.3. The van der Waals surface area contributed by atoms with Gasteiger partial charge >= 0.3 is 8.25 Å². The molecule has 0 spiro atoms. The van der Waals surface area contributed by atoms with Crippen LogP contribution in [0.25, 0.3) is 6.08 Å². The van der Waals surface area contributed by atoms with Crippen molar-refractivity contribution in [1.29, 1.82) is 0 Å². The van der Waals surface area contributed by atoms with Crippen LogP contribution in [0.2, 0.25) is 0 Å². The molecule has 0 saturated carbocycles. The van der Waals surface area contributed by atoms with E-state index in [0.29, 0.717) is 0 Å². The number of hydrogen-bond acceptors (Lipinski definition) is 4. The Labute approximate surface area is 157 Å². The number of rotatable bonds is 5. The normalized spacial score (nSPS) is 14.7. The van der Waals surface area contributed by atoms with E-state index in [4.69, 9.17) is 9.42 Å². The van der Waals surface area contributed by atoms with Crippen LogP contribution in [0, 0.1) is 0 Å². The average molecular weight is 382 g/mol. The largest absolute Gasteiger partial charge is 0.507 e. The van der Waals surface area contributed by atoms with Crippen molar-refractivity contribution in [1.82, 2.24) is 0 Å². The Hall–Kier alpha value is -1.42. The van der Waals surface area contributed by atoms with Gasteiger partial charge in [-0.1, -0.05) is 47.6 Å². The molecule has 0 saturated heterocycles. The number of phenols is 1. The molecule has 0 aromatic heterocycles. The van der Waals surface area contributed by atoms with Gasteiger partial charge in [0.2, 0.25) is 0 Å². The van der Waals surface area contributed by atoms with Crippen LogP contribution < -0.4 is 0 Å². The summed E-state index contributed by atoms with van der Waals surface area (Å²) >= 11 is 0. The topological polar surface area (TPSA) is 83.8 Å². The van der Waals surface area contributed by atoms with Crippen LogP contribution in [-0.2, 0) is 24.7 Å². The summed E-state index contributed by atoms with van der Waals surface area (Å²) in [6.45, 7) is 15.0. The first-order valence-electron chi connectivity index (χ1n) is 8.58. The number of carbonyl (C=O) groups excluding carboxylic acids is 1. The van der Waals surface area contributed by atoms with E-state index in [1.54, 1.807) is 6.08 Å². The van der Waals surface area contributed by atoms with E-state index in [-0.39, 0.29) is 16.6 Å². The van der Waals surface area contributed by atoms with Gasteiger partial charge in [-0.25, -0.2) is 0 Å². The SMILES string of the molecule is CC(C)(O[PH](=O)O)C(=O)C=Cc1cc(C(C)(C)C)c(O)c(C(C)(C)C)c1. The minimum Gasteiger partial charge on any atom is -0.507 e. The number of phenolic OH excluding ortho intramolecular Hbond substituents is 1. The van der Waals surface area contributed by atoms with Crippen molar-refractivity contribution in [2.75, 3.05) is 0 Å². The van der Waals surface area contributed by atoms with Gasteiger partial charge in [0.05, 0.1) is 0 Å². The first kappa shape index (κ1) is 22.6. The van der Waals surface area contributed by atoms with Crippen molar-refractivity contribution >= 4 is 20.1 Å². The molecule has 146 valence electrons. The lowest BCUT2D eigenvalue weighted by molar-refractivity contribution is -0.126. The van der Waals surface area contributed by atoms with Gasteiger partial charge in [0.25, 0.3) is 0 Å². The van der Waals surface area contributed by atoms with Crippen LogP contribution in [0.1, 0.15) is 72.1 Å². The van der Waals surface area contributed by atoms with Gasteiger partial charge in [-0.2, -0.15) is 0 Å². The van der Waals surface area contributed by atoms with E-state index in [1.807, 2.05) is 53.7 Å². The molecule has 0 aliphatic carbocycles. The zero-order chi connectivity index (χ0) is 20.5. The fraction of sp³-hybridized carbons (Fsp3) is 0.550. The van der Waals surface area contributed by atoms with Crippen molar-refractivity contribution in [3.63, 3.8) is 0 Å². The summed E-state index contributed by atoms with van der Waals surface area (Å²) in [7, 11) is -3.21. The first-order valence-corrected chi connectivity index (χ1v) is 9.84. The van der Waals surface area contributed by atoms with Crippen LogP contribution in [-0.4, -0.2) is 21.4 Å². The number of hydrogen-bond donors (Lipinski definition) is 2. The standard InChI is InChI=1S/C20H31O5P/c1-18(2,3)14-11-13(12-15(17(14)22)19(4,5)6)9-10-16(21)20(7,8)25-26(23)24/h9-12,22,26H,1-8H3,(H,23,24). The third-order valence-electron chi connectivity index (χ3n) is 4.11. The highest BCUT2D eigenvalue weighted by Crippen LogP contribution is 2.40. The Bertz CT molecular complexity index is 699. The molecule has 0 aliphatic rings. The molecule has 1 aromatic carbocycles. The highest BCUT2D eigenvalue weighted by molar-refractivity contribution is 7.32. The molecular weight excluding hydrogens is 351 g/mol. The maximum Gasteiger partial charge on any atom is 0.317 e. The molecule has 0 bridgehead atoms. The molecule has 2 N–H and O–H groups in total. The predicted molar refractivity (Wildman–Crippen MR) is 106 cm³/mol. The predicted octanol–water partition coefficient (Wildman–Crippen LogP) is 4.75. The molecule has 0 amide bonds. The molecule has 6 heteroatoms. The molecule has 1 unspecified atom stereocenters. The molecule has 26 heavy (non-hydrogen) atoms. The number of benzene rings is 1. The smallest absolute Gasteiger partial charge is 0.317 e. The van der Waals surface area contributed by atoms with E-state index < -0.39 is 19.6 Å². The highest BCUT2D eigenvalue weighted by Gasteiger charge is 2.29. The molecule has 1 atom stereocenters. The average Bonchev–Trinajstić information content (AvgIpc) is 2.41. The van der Waals surface area contributed by atoms with Gasteiger partial charge in [-0.05, 0) is 48.4 Å². The van der Waals surface area contributed by atoms with Gasteiger partial charge in [0.1, 0.15) is 11.4 Å². The molecule has 0 heterocycles. The fourth-order valence-corrected chi connectivity index (χ4v) is 3.07. The van der Waals surface area contributed by atoms with Gasteiger partial charge in [0.15, 0.2) is 5.78 Å². The maximum atomic E-state index is 12.3. The van der Waals surface area contributed by atoms with Crippen molar-refractivity contribution in [3.05, 3.63) is 34.9 Å². The van der Waals surface area contributed by atoms with Crippen LogP contribution in [0.15, 0.2) is 18.2 Å². The highest BCUT2D eigenvalue weighted by atomic mass is 31.1. The quantitative estimate of drug-likeness (QED) is 0.567. The van der Waals surface area contributed by atoms with Gasteiger partial charge in [-0.15, -0.1) is 0 Å². The van der Waals surface area contributed by atoms with Gasteiger partial charge in [-0.3, -0.25) is 13.9 Å². The minimum atomic E-state index is -3.21. The minimum absolute atomic E-state index is 0.267. The van der Waals surface area contributed by atoms with Crippen LogP contribution in [0.3, 0.4) is 0 Å². The van der Waals surface area contributed by atoms with Crippen LogP contribution in [0.5, 0.6) is 5.75 Å². The van der Waals surface area contributed by atoms with E-state index >= 15 is 0 Å². The fourth-order valence-electron chi connectivity index (χ4n) is 2.54. The lowest BCUT2D eigenvalue weighted by atomic mass is 9.78. The Morgan fingerprint density at radius 2 is 1.42 bits per heavy atom. The first-order chi connectivity index (χ1) is 11.6. The van der Waals surface area contributed by atoms with Gasteiger partial charge in [0, 0.05) is 11.1 Å². The Balaban J connectivity index is 3.37. The van der Waals surface area contributed by atoms with Crippen LogP contribution >= 0.6 is 8.25 Å².